The number of amides is 1. The van der Waals surface area contributed by atoms with Crippen LogP contribution in [-0.4, -0.2) is 29.7 Å². The van der Waals surface area contributed by atoms with Gasteiger partial charge in [0.2, 0.25) is 0 Å². The number of carbonyl (C=O) groups excluding carboxylic acids is 1. The summed E-state index contributed by atoms with van der Waals surface area (Å²) in [5.41, 5.74) is -0.265. The van der Waals surface area contributed by atoms with E-state index in [4.69, 9.17) is 9.47 Å². The first-order valence-electron chi connectivity index (χ1n) is 11.3. The molecular formula is C26H32F3NO3. The first-order chi connectivity index (χ1) is 15.4. The van der Waals surface area contributed by atoms with Gasteiger partial charge in [0, 0.05) is 13.1 Å². The maximum absolute atomic E-state index is 12.9. The summed E-state index contributed by atoms with van der Waals surface area (Å²) in [7, 11) is 0. The Hall–Kier alpha value is -2.70. The van der Waals surface area contributed by atoms with Crippen molar-refractivity contribution in [2.75, 3.05) is 13.1 Å². The lowest BCUT2D eigenvalue weighted by molar-refractivity contribution is -0.137. The van der Waals surface area contributed by atoms with Crippen LogP contribution in [0.2, 0.25) is 0 Å². The van der Waals surface area contributed by atoms with Crippen molar-refractivity contribution < 1.29 is 27.4 Å². The Balaban J connectivity index is 1.70. The maximum atomic E-state index is 12.9. The normalized spacial score (nSPS) is 20.3. The average molecular weight is 464 g/mol. The largest absolute Gasteiger partial charge is 0.486 e. The monoisotopic (exact) mass is 463 g/mol. The van der Waals surface area contributed by atoms with Crippen LogP contribution in [-0.2, 0) is 10.9 Å². The van der Waals surface area contributed by atoms with Gasteiger partial charge in [-0.05, 0) is 75.3 Å². The lowest BCUT2D eigenvalue weighted by atomic mass is 9.82. The summed E-state index contributed by atoms with van der Waals surface area (Å²) in [6.07, 6.45) is -3.47. The lowest BCUT2D eigenvalue weighted by Gasteiger charge is -2.38. The third-order valence-corrected chi connectivity index (χ3v) is 5.88. The van der Waals surface area contributed by atoms with Gasteiger partial charge in [0.1, 0.15) is 17.5 Å². The van der Waals surface area contributed by atoms with Crippen molar-refractivity contribution in [2.24, 2.45) is 11.8 Å². The molecule has 2 aromatic rings. The molecular weight excluding hydrogens is 431 g/mol. The first kappa shape index (κ1) is 24.9. The van der Waals surface area contributed by atoms with Crippen molar-refractivity contribution >= 4 is 6.09 Å². The summed E-state index contributed by atoms with van der Waals surface area (Å²) in [4.78, 5) is 14.2. The zero-order chi connectivity index (χ0) is 24.2. The molecule has 3 rings (SSSR count). The predicted molar refractivity (Wildman–Crippen MR) is 121 cm³/mol. The number of benzene rings is 2. The molecule has 1 saturated heterocycles. The number of nitrogens with zero attached hydrogens (tertiary/aromatic N) is 1. The number of alkyl halides is 3. The summed E-state index contributed by atoms with van der Waals surface area (Å²) < 4.78 is 50.4. The summed E-state index contributed by atoms with van der Waals surface area (Å²) >= 11 is 0. The van der Waals surface area contributed by atoms with Crippen LogP contribution in [0.1, 0.15) is 57.8 Å². The molecule has 1 aliphatic rings. The second kappa shape index (κ2) is 10.1. The molecule has 4 nitrogen and oxygen atoms in total. The topological polar surface area (TPSA) is 38.8 Å². The molecule has 0 N–H and O–H groups in total. The number of halogens is 3. The number of carbonyl (C=O) groups is 1. The summed E-state index contributed by atoms with van der Waals surface area (Å²) in [5, 5.41) is 0. The van der Waals surface area contributed by atoms with Crippen LogP contribution in [0, 0.1) is 11.8 Å². The van der Waals surface area contributed by atoms with Crippen LogP contribution in [0.3, 0.4) is 0 Å². The molecule has 1 heterocycles. The SMILES string of the molecule is C[C@@H]1CN(C(=O)OC(C)(C)C)CC[C@@H]1C[C@@H](Oc1ccc(C(F)(F)F)cc1)c1ccccc1. The Labute approximate surface area is 193 Å². The number of hydrogen-bond acceptors (Lipinski definition) is 3. The highest BCUT2D eigenvalue weighted by atomic mass is 19.4. The zero-order valence-electron chi connectivity index (χ0n) is 19.6. The van der Waals surface area contributed by atoms with Gasteiger partial charge < -0.3 is 14.4 Å². The Bertz CT molecular complexity index is 907. The minimum atomic E-state index is -4.38. The molecule has 33 heavy (non-hydrogen) atoms. The fraction of sp³-hybridized carbons (Fsp3) is 0.500. The van der Waals surface area contributed by atoms with Crippen LogP contribution < -0.4 is 4.74 Å². The Morgan fingerprint density at radius 1 is 1.06 bits per heavy atom. The van der Waals surface area contributed by atoms with Crippen molar-refractivity contribution in [3.63, 3.8) is 0 Å². The molecule has 2 aromatic carbocycles. The van der Waals surface area contributed by atoms with Gasteiger partial charge >= 0.3 is 12.3 Å². The molecule has 180 valence electrons. The van der Waals surface area contributed by atoms with E-state index >= 15 is 0 Å². The van der Waals surface area contributed by atoms with E-state index in [1.807, 2.05) is 51.1 Å². The van der Waals surface area contributed by atoms with Gasteiger partial charge in [-0.15, -0.1) is 0 Å². The smallest absolute Gasteiger partial charge is 0.416 e. The molecule has 1 fully saturated rings. The highest BCUT2D eigenvalue weighted by molar-refractivity contribution is 5.68. The molecule has 1 aliphatic heterocycles. The van der Waals surface area contributed by atoms with E-state index in [-0.39, 0.29) is 18.1 Å². The Morgan fingerprint density at radius 3 is 2.24 bits per heavy atom. The molecule has 0 radical (unpaired) electrons. The second-order valence-corrected chi connectivity index (χ2v) is 9.73. The molecule has 3 atom stereocenters. The molecule has 0 saturated carbocycles. The van der Waals surface area contributed by atoms with Crippen molar-refractivity contribution in [1.82, 2.24) is 4.90 Å². The van der Waals surface area contributed by atoms with E-state index < -0.39 is 17.3 Å². The van der Waals surface area contributed by atoms with Crippen LogP contribution in [0.25, 0.3) is 0 Å². The van der Waals surface area contributed by atoms with E-state index in [1.54, 1.807) is 4.90 Å². The molecule has 1 amide bonds. The number of hydrogen-bond donors (Lipinski definition) is 0. The van der Waals surface area contributed by atoms with Crippen LogP contribution >= 0.6 is 0 Å². The van der Waals surface area contributed by atoms with E-state index in [9.17, 15) is 18.0 Å². The van der Waals surface area contributed by atoms with Gasteiger partial charge in [0.25, 0.3) is 0 Å². The summed E-state index contributed by atoms with van der Waals surface area (Å²) in [5.74, 6) is 0.924. The minimum Gasteiger partial charge on any atom is -0.486 e. The number of piperidine rings is 1. The predicted octanol–water partition coefficient (Wildman–Crippen LogP) is 7.11. The van der Waals surface area contributed by atoms with Gasteiger partial charge in [0.05, 0.1) is 5.56 Å². The summed E-state index contributed by atoms with van der Waals surface area (Å²) in [6.45, 7) is 8.87. The molecule has 0 aromatic heterocycles. The first-order valence-corrected chi connectivity index (χ1v) is 11.3. The van der Waals surface area contributed by atoms with Gasteiger partial charge in [-0.25, -0.2) is 4.79 Å². The molecule has 0 unspecified atom stereocenters. The Kier molecular flexibility index (Phi) is 7.60. The van der Waals surface area contributed by atoms with Gasteiger partial charge in [-0.2, -0.15) is 13.2 Å². The van der Waals surface area contributed by atoms with Crippen LogP contribution in [0.15, 0.2) is 54.6 Å². The van der Waals surface area contributed by atoms with Gasteiger partial charge in [-0.3, -0.25) is 0 Å². The fourth-order valence-corrected chi connectivity index (χ4v) is 4.12. The lowest BCUT2D eigenvalue weighted by Crippen LogP contribution is -2.45. The third kappa shape index (κ3) is 7.14. The maximum Gasteiger partial charge on any atom is 0.416 e. The highest BCUT2D eigenvalue weighted by Crippen LogP contribution is 2.36. The minimum absolute atomic E-state index is 0.230. The third-order valence-electron chi connectivity index (χ3n) is 5.88. The molecule has 0 bridgehead atoms. The van der Waals surface area contributed by atoms with Gasteiger partial charge in [0.15, 0.2) is 0 Å². The quantitative estimate of drug-likeness (QED) is 0.474. The van der Waals surface area contributed by atoms with Crippen LogP contribution in [0.4, 0.5) is 18.0 Å². The number of rotatable bonds is 5. The van der Waals surface area contributed by atoms with E-state index in [0.717, 1.165) is 24.1 Å². The number of ether oxygens (including phenoxy) is 2. The molecule has 7 heteroatoms. The standard InChI is InChI=1S/C26H32F3NO3/c1-18-17-30(24(31)33-25(2,3)4)15-14-20(18)16-23(19-8-6-5-7-9-19)32-22-12-10-21(11-13-22)26(27,28)29/h5-13,18,20,23H,14-17H2,1-4H3/t18-,20-,23-/m1/s1. The van der Waals surface area contributed by atoms with Crippen molar-refractivity contribution in [2.45, 2.75) is 58.4 Å². The number of likely N-dealkylation sites (tertiary alicyclic amines) is 1. The summed E-state index contributed by atoms with van der Waals surface area (Å²) in [6, 6.07) is 14.5. The fourth-order valence-electron chi connectivity index (χ4n) is 4.12. The van der Waals surface area contributed by atoms with E-state index in [1.165, 1.54) is 12.1 Å². The van der Waals surface area contributed by atoms with Crippen molar-refractivity contribution in [3.8, 4) is 5.75 Å². The zero-order valence-corrected chi connectivity index (χ0v) is 19.6. The second-order valence-electron chi connectivity index (χ2n) is 9.73. The Morgan fingerprint density at radius 2 is 1.70 bits per heavy atom. The van der Waals surface area contributed by atoms with E-state index in [0.29, 0.717) is 31.2 Å². The van der Waals surface area contributed by atoms with Gasteiger partial charge in [-0.1, -0.05) is 37.3 Å². The molecule has 0 aliphatic carbocycles. The average Bonchev–Trinajstić information content (AvgIpc) is 2.73. The van der Waals surface area contributed by atoms with Crippen molar-refractivity contribution in [3.05, 3.63) is 65.7 Å². The van der Waals surface area contributed by atoms with Crippen LogP contribution in [0.5, 0.6) is 5.75 Å². The van der Waals surface area contributed by atoms with Crippen molar-refractivity contribution in [1.29, 1.82) is 0 Å². The van der Waals surface area contributed by atoms with E-state index in [2.05, 4.69) is 6.92 Å². The highest BCUT2D eigenvalue weighted by Gasteiger charge is 2.34. The molecule has 0 spiro atoms.